The van der Waals surface area contributed by atoms with Crippen molar-refractivity contribution in [2.75, 3.05) is 7.11 Å². The molecule has 2 heterocycles. The minimum absolute atomic E-state index is 0.00805. The quantitative estimate of drug-likeness (QED) is 0.562. The normalized spacial score (nSPS) is 11.7. The summed E-state index contributed by atoms with van der Waals surface area (Å²) >= 11 is 3.38. The van der Waals surface area contributed by atoms with Gasteiger partial charge < -0.3 is 9.47 Å². The molecule has 2 aromatic heterocycles. The van der Waals surface area contributed by atoms with Gasteiger partial charge in [-0.15, -0.1) is 11.3 Å². The molecule has 0 aliphatic carbocycles. The van der Waals surface area contributed by atoms with Crippen molar-refractivity contribution in [3.8, 4) is 0 Å². The maximum Gasteiger partial charge on any atom is 0.348 e. The van der Waals surface area contributed by atoms with Crippen molar-refractivity contribution in [3.63, 3.8) is 0 Å². The molecule has 0 N–H and O–H groups in total. The van der Waals surface area contributed by atoms with E-state index in [1.807, 2.05) is 20.8 Å². The molecule has 21 heavy (non-hydrogen) atoms. The molecule has 2 rings (SSSR count). The van der Waals surface area contributed by atoms with Crippen molar-refractivity contribution in [2.45, 2.75) is 32.9 Å². The van der Waals surface area contributed by atoms with Gasteiger partial charge in [-0.2, -0.15) is 5.10 Å². The van der Waals surface area contributed by atoms with Crippen molar-refractivity contribution in [3.05, 3.63) is 14.6 Å². The van der Waals surface area contributed by atoms with E-state index >= 15 is 0 Å². The molecule has 0 aromatic carbocycles. The number of hydrogen-bond donors (Lipinski definition) is 0. The summed E-state index contributed by atoms with van der Waals surface area (Å²) in [5, 5.41) is 4.31. The zero-order chi connectivity index (χ0) is 15.8. The van der Waals surface area contributed by atoms with E-state index in [9.17, 15) is 9.59 Å². The number of nitrogens with zero attached hydrogens (tertiary/aromatic N) is 2. The molecule has 0 spiro atoms. The van der Waals surface area contributed by atoms with E-state index < -0.39 is 11.6 Å². The third-order valence-electron chi connectivity index (χ3n) is 2.47. The summed E-state index contributed by atoms with van der Waals surface area (Å²) < 4.78 is 13.1. The third kappa shape index (κ3) is 3.73. The zero-order valence-electron chi connectivity index (χ0n) is 12.1. The van der Waals surface area contributed by atoms with E-state index in [0.29, 0.717) is 4.88 Å². The van der Waals surface area contributed by atoms with Crippen molar-refractivity contribution >= 4 is 56.1 Å². The number of esters is 2. The van der Waals surface area contributed by atoms with Gasteiger partial charge in [0, 0.05) is 0 Å². The summed E-state index contributed by atoms with van der Waals surface area (Å²) in [4.78, 5) is 24.0. The Hall–Kier alpha value is -1.16. The molecule has 0 unspecified atom stereocenters. The smallest absolute Gasteiger partial charge is 0.348 e. The van der Waals surface area contributed by atoms with Gasteiger partial charge in [-0.25, -0.2) is 4.79 Å². The molecule has 0 bridgehead atoms. The van der Waals surface area contributed by atoms with Gasteiger partial charge in [-0.05, 0) is 49.4 Å². The average Bonchev–Trinajstić information content (AvgIpc) is 2.89. The summed E-state index contributed by atoms with van der Waals surface area (Å²) in [6.07, 6.45) is 0. The molecule has 0 saturated heterocycles. The van der Waals surface area contributed by atoms with Crippen LogP contribution in [0.5, 0.6) is 0 Å². The number of thiophene rings is 1. The lowest BCUT2D eigenvalue weighted by molar-refractivity contribution is -0.155. The Balaban J connectivity index is 2.30. The molecular formula is C13H15IN2O4S. The first-order valence-electron chi connectivity index (χ1n) is 6.17. The highest BCUT2D eigenvalue weighted by Gasteiger charge is 2.21. The van der Waals surface area contributed by atoms with Gasteiger partial charge in [0.1, 0.15) is 20.7 Å². The van der Waals surface area contributed by atoms with E-state index in [2.05, 4.69) is 27.7 Å². The predicted molar refractivity (Wildman–Crippen MR) is 87.5 cm³/mol. The molecule has 2 aromatic rings. The molecular weight excluding hydrogens is 407 g/mol. The molecule has 6 nitrogen and oxygen atoms in total. The number of rotatable bonds is 3. The third-order valence-corrected chi connectivity index (χ3v) is 4.70. The summed E-state index contributed by atoms with van der Waals surface area (Å²) in [5.74, 6) is -0.759. The lowest BCUT2D eigenvalue weighted by Gasteiger charge is -2.19. The maximum atomic E-state index is 11.9. The zero-order valence-corrected chi connectivity index (χ0v) is 15.1. The van der Waals surface area contributed by atoms with Gasteiger partial charge in [0.15, 0.2) is 0 Å². The van der Waals surface area contributed by atoms with E-state index in [4.69, 9.17) is 9.47 Å². The Labute approximate surface area is 139 Å². The number of aromatic nitrogens is 2. The fourth-order valence-electron chi connectivity index (χ4n) is 1.74. The molecule has 114 valence electrons. The Bertz CT molecular complexity index is 699. The molecule has 0 aliphatic heterocycles. The number of methoxy groups -OCH3 is 1. The van der Waals surface area contributed by atoms with Crippen LogP contribution in [0.4, 0.5) is 0 Å². The lowest BCUT2D eigenvalue weighted by Crippen LogP contribution is -2.26. The molecule has 8 heteroatoms. The number of carbonyl (C=O) groups excluding carboxylic acids is 2. The molecule has 0 atom stereocenters. The van der Waals surface area contributed by atoms with Gasteiger partial charge in [0.05, 0.1) is 17.3 Å². The van der Waals surface area contributed by atoms with E-state index in [1.165, 1.54) is 18.4 Å². The van der Waals surface area contributed by atoms with Gasteiger partial charge in [0.25, 0.3) is 0 Å². The van der Waals surface area contributed by atoms with Crippen LogP contribution in [0, 0.1) is 3.70 Å². The van der Waals surface area contributed by atoms with Crippen LogP contribution in [0.1, 0.15) is 30.4 Å². The number of carbonyl (C=O) groups is 2. The van der Waals surface area contributed by atoms with Crippen LogP contribution >= 0.6 is 33.9 Å². The monoisotopic (exact) mass is 422 g/mol. The summed E-state index contributed by atoms with van der Waals surface area (Å²) in [6.45, 7) is 5.45. The Morgan fingerprint density at radius 1 is 1.43 bits per heavy atom. The largest absolute Gasteiger partial charge is 0.465 e. The standard InChI is InChI=1S/C13H15IN2O4S/c1-13(2,3)20-9(17)6-16-7-5-8(12(18)19-4)21-10(7)11(14)15-16/h5H,6H2,1-4H3. The average molecular weight is 422 g/mol. The lowest BCUT2D eigenvalue weighted by atomic mass is 10.2. The van der Waals surface area contributed by atoms with Gasteiger partial charge in [-0.3, -0.25) is 9.48 Å². The highest BCUT2D eigenvalue weighted by atomic mass is 127. The Morgan fingerprint density at radius 2 is 2.10 bits per heavy atom. The summed E-state index contributed by atoms with van der Waals surface area (Å²) in [7, 11) is 1.34. The topological polar surface area (TPSA) is 70.4 Å². The van der Waals surface area contributed by atoms with Crippen molar-refractivity contribution in [1.29, 1.82) is 0 Å². The number of ether oxygens (including phenoxy) is 2. The minimum Gasteiger partial charge on any atom is -0.465 e. The Kier molecular flexibility index (Phi) is 4.57. The second kappa shape index (κ2) is 5.91. The molecule has 0 radical (unpaired) electrons. The summed E-state index contributed by atoms with van der Waals surface area (Å²) in [5.41, 5.74) is 0.193. The first-order chi connectivity index (χ1) is 9.71. The second-order valence-electron chi connectivity index (χ2n) is 5.35. The van der Waals surface area contributed by atoms with Gasteiger partial charge in [-0.1, -0.05) is 0 Å². The van der Waals surface area contributed by atoms with Crippen LogP contribution in [0.2, 0.25) is 0 Å². The van der Waals surface area contributed by atoms with Crippen LogP contribution in [0.3, 0.4) is 0 Å². The second-order valence-corrected chi connectivity index (χ2v) is 7.43. The first-order valence-corrected chi connectivity index (χ1v) is 8.07. The van der Waals surface area contributed by atoms with Gasteiger partial charge in [0.2, 0.25) is 0 Å². The molecule has 0 fully saturated rings. The number of fused-ring (bicyclic) bond motifs is 1. The van der Waals surface area contributed by atoms with E-state index in [0.717, 1.165) is 13.9 Å². The fraction of sp³-hybridized carbons (Fsp3) is 0.462. The fourth-order valence-corrected chi connectivity index (χ4v) is 3.56. The van der Waals surface area contributed by atoms with E-state index in [-0.39, 0.29) is 12.5 Å². The first kappa shape index (κ1) is 16.2. The van der Waals surface area contributed by atoms with Crippen molar-refractivity contribution in [1.82, 2.24) is 9.78 Å². The van der Waals surface area contributed by atoms with E-state index in [1.54, 1.807) is 10.7 Å². The number of hydrogen-bond acceptors (Lipinski definition) is 6. The van der Waals surface area contributed by atoms with Crippen LogP contribution in [0.25, 0.3) is 10.2 Å². The van der Waals surface area contributed by atoms with Crippen molar-refractivity contribution < 1.29 is 19.1 Å². The van der Waals surface area contributed by atoms with Gasteiger partial charge >= 0.3 is 11.9 Å². The molecule has 0 aliphatic rings. The van der Waals surface area contributed by atoms with Crippen LogP contribution in [-0.4, -0.2) is 34.4 Å². The SMILES string of the molecule is COC(=O)c1cc2c(s1)c(I)nn2CC(=O)OC(C)(C)C. The Morgan fingerprint density at radius 3 is 2.67 bits per heavy atom. The summed E-state index contributed by atoms with van der Waals surface area (Å²) in [6, 6.07) is 1.69. The molecule has 0 saturated carbocycles. The minimum atomic E-state index is -0.539. The number of halogens is 1. The molecule has 0 amide bonds. The van der Waals surface area contributed by atoms with Crippen LogP contribution < -0.4 is 0 Å². The highest BCUT2D eigenvalue weighted by Crippen LogP contribution is 2.30. The van der Waals surface area contributed by atoms with Crippen LogP contribution in [-0.2, 0) is 20.8 Å². The highest BCUT2D eigenvalue weighted by molar-refractivity contribution is 14.1. The predicted octanol–water partition coefficient (Wildman–Crippen LogP) is 2.83. The maximum absolute atomic E-state index is 11.9. The van der Waals surface area contributed by atoms with Crippen molar-refractivity contribution in [2.24, 2.45) is 0 Å². The van der Waals surface area contributed by atoms with Crippen LogP contribution in [0.15, 0.2) is 6.07 Å².